The lowest BCUT2D eigenvalue weighted by Gasteiger charge is -2.38. The maximum atomic E-state index is 13.3. The largest absolute Gasteiger partial charge is 0.338 e. The summed E-state index contributed by atoms with van der Waals surface area (Å²) in [5.41, 5.74) is 7.31. The molecule has 6 heteroatoms. The Morgan fingerprint density at radius 1 is 1.50 bits per heavy atom. The quantitative estimate of drug-likeness (QED) is 0.925. The van der Waals surface area contributed by atoms with Crippen molar-refractivity contribution in [2.24, 2.45) is 11.7 Å². The average Bonchev–Trinajstić information content (AvgIpc) is 3.03. The molecule has 0 bridgehead atoms. The third-order valence-corrected chi connectivity index (χ3v) is 5.47. The van der Waals surface area contributed by atoms with E-state index in [0.29, 0.717) is 12.5 Å². The number of amides is 1. The summed E-state index contributed by atoms with van der Waals surface area (Å²) in [5.74, 6) is 0.406. The van der Waals surface area contributed by atoms with Crippen molar-refractivity contribution >= 4 is 17.2 Å². The smallest absolute Gasteiger partial charge is 0.228 e. The minimum Gasteiger partial charge on any atom is -0.338 e. The molecule has 128 valence electrons. The number of carbonyl (C=O) groups is 1. The van der Waals surface area contributed by atoms with E-state index in [4.69, 9.17) is 5.73 Å². The molecule has 2 atom stereocenters. The van der Waals surface area contributed by atoms with Gasteiger partial charge in [0.1, 0.15) is 10.8 Å². The number of hydrogen-bond donors (Lipinski definition) is 1. The minimum absolute atomic E-state index is 0.0773. The Labute approximate surface area is 145 Å². The van der Waals surface area contributed by atoms with Crippen LogP contribution in [-0.4, -0.2) is 34.9 Å². The Kier molecular flexibility index (Phi) is 5.26. The minimum atomic E-state index is -0.284. The van der Waals surface area contributed by atoms with Gasteiger partial charge >= 0.3 is 0 Å². The fourth-order valence-corrected chi connectivity index (χ4v) is 4.02. The molecule has 2 N–H and O–H groups in total. The zero-order valence-electron chi connectivity index (χ0n) is 13.7. The number of carbonyl (C=O) groups excluding carboxylic acids is 1. The van der Waals surface area contributed by atoms with Crippen molar-refractivity contribution < 1.29 is 9.18 Å². The van der Waals surface area contributed by atoms with Crippen LogP contribution in [0.4, 0.5) is 4.39 Å². The van der Waals surface area contributed by atoms with Gasteiger partial charge in [0, 0.05) is 30.1 Å². The van der Waals surface area contributed by atoms with E-state index in [1.54, 1.807) is 6.07 Å². The van der Waals surface area contributed by atoms with Crippen molar-refractivity contribution in [3.63, 3.8) is 0 Å². The molecule has 1 aromatic heterocycles. The van der Waals surface area contributed by atoms with Gasteiger partial charge in [-0.2, -0.15) is 0 Å². The summed E-state index contributed by atoms with van der Waals surface area (Å²) in [5, 5.41) is 2.61. The van der Waals surface area contributed by atoms with Crippen LogP contribution in [0.5, 0.6) is 0 Å². The second-order valence-corrected chi connectivity index (χ2v) is 7.30. The van der Waals surface area contributed by atoms with Gasteiger partial charge in [0.2, 0.25) is 5.91 Å². The fourth-order valence-electron chi connectivity index (χ4n) is 3.20. The molecule has 0 saturated carbocycles. The lowest BCUT2D eigenvalue weighted by molar-refractivity contribution is -0.134. The van der Waals surface area contributed by atoms with Gasteiger partial charge in [-0.1, -0.05) is 19.1 Å². The summed E-state index contributed by atoms with van der Waals surface area (Å²) in [6, 6.07) is 6.48. The fraction of sp³-hybridized carbons (Fsp3) is 0.444. The second kappa shape index (κ2) is 7.40. The number of thiazole rings is 1. The predicted molar refractivity (Wildman–Crippen MR) is 94.2 cm³/mol. The average molecular weight is 347 g/mol. The Bertz CT molecular complexity index is 718. The van der Waals surface area contributed by atoms with E-state index in [9.17, 15) is 9.18 Å². The van der Waals surface area contributed by atoms with Crippen molar-refractivity contribution in [2.45, 2.75) is 32.2 Å². The maximum absolute atomic E-state index is 13.3. The zero-order chi connectivity index (χ0) is 17.1. The van der Waals surface area contributed by atoms with Crippen LogP contribution in [0.15, 0.2) is 29.6 Å². The monoisotopic (exact) mass is 347 g/mol. The zero-order valence-corrected chi connectivity index (χ0v) is 14.6. The van der Waals surface area contributed by atoms with Crippen LogP contribution in [0.3, 0.4) is 0 Å². The number of aromatic nitrogens is 1. The highest BCUT2D eigenvalue weighted by Crippen LogP contribution is 2.26. The molecule has 1 aromatic carbocycles. The van der Waals surface area contributed by atoms with Crippen molar-refractivity contribution in [2.75, 3.05) is 13.1 Å². The molecule has 0 spiro atoms. The van der Waals surface area contributed by atoms with Gasteiger partial charge < -0.3 is 10.6 Å². The standard InChI is InChI=1S/C18H22FN3OS/c1-12-5-6-22(16(7-12)10-20)17(23)9-15-11-24-18(21-15)13-3-2-4-14(19)8-13/h2-4,8,11-12,16H,5-7,9-10,20H2,1H3. The summed E-state index contributed by atoms with van der Waals surface area (Å²) in [4.78, 5) is 19.0. The summed E-state index contributed by atoms with van der Waals surface area (Å²) in [6.07, 6.45) is 2.26. The van der Waals surface area contributed by atoms with Crippen LogP contribution in [0, 0.1) is 11.7 Å². The topological polar surface area (TPSA) is 59.2 Å². The van der Waals surface area contributed by atoms with Gasteiger partial charge in [-0.25, -0.2) is 9.37 Å². The van der Waals surface area contributed by atoms with Crippen LogP contribution in [0.25, 0.3) is 10.6 Å². The summed E-state index contributed by atoms with van der Waals surface area (Å²) < 4.78 is 13.3. The molecule has 3 rings (SSSR count). The number of likely N-dealkylation sites (tertiary alicyclic amines) is 1. The second-order valence-electron chi connectivity index (χ2n) is 6.44. The molecule has 0 radical (unpaired) electrons. The number of benzene rings is 1. The Balaban J connectivity index is 1.69. The maximum Gasteiger partial charge on any atom is 0.228 e. The molecule has 24 heavy (non-hydrogen) atoms. The SMILES string of the molecule is CC1CCN(C(=O)Cc2csc(-c3cccc(F)c3)n2)C(CN)C1. The molecule has 1 saturated heterocycles. The van der Waals surface area contributed by atoms with Gasteiger partial charge in [-0.3, -0.25) is 4.79 Å². The van der Waals surface area contributed by atoms with Crippen molar-refractivity contribution in [1.29, 1.82) is 0 Å². The third-order valence-electron chi connectivity index (χ3n) is 4.53. The van der Waals surface area contributed by atoms with Gasteiger partial charge in [-0.05, 0) is 30.9 Å². The van der Waals surface area contributed by atoms with Crippen LogP contribution >= 0.6 is 11.3 Å². The normalized spacial score (nSPS) is 21.0. The lowest BCUT2D eigenvalue weighted by Crippen LogP contribution is -2.49. The Morgan fingerprint density at radius 3 is 3.08 bits per heavy atom. The van der Waals surface area contributed by atoms with E-state index < -0.39 is 0 Å². The molecule has 2 heterocycles. The number of hydrogen-bond acceptors (Lipinski definition) is 4. The van der Waals surface area contributed by atoms with Crippen molar-refractivity contribution in [1.82, 2.24) is 9.88 Å². The summed E-state index contributed by atoms with van der Waals surface area (Å²) in [6.45, 7) is 3.47. The first-order valence-corrected chi connectivity index (χ1v) is 9.14. The highest BCUT2D eigenvalue weighted by molar-refractivity contribution is 7.13. The number of nitrogens with two attached hydrogens (primary N) is 1. The van der Waals surface area contributed by atoms with Gasteiger partial charge in [0.15, 0.2) is 0 Å². The number of nitrogens with zero attached hydrogens (tertiary/aromatic N) is 2. The Morgan fingerprint density at radius 2 is 2.33 bits per heavy atom. The van der Waals surface area contributed by atoms with E-state index in [-0.39, 0.29) is 24.2 Å². The molecule has 0 aliphatic carbocycles. The number of piperidine rings is 1. The molecule has 2 unspecified atom stereocenters. The molecule has 4 nitrogen and oxygen atoms in total. The highest BCUT2D eigenvalue weighted by atomic mass is 32.1. The van der Waals surface area contributed by atoms with Gasteiger partial charge in [0.05, 0.1) is 12.1 Å². The van der Waals surface area contributed by atoms with Crippen molar-refractivity contribution in [3.05, 3.63) is 41.2 Å². The number of halogens is 1. The number of rotatable bonds is 4. The predicted octanol–water partition coefficient (Wildman–Crippen LogP) is 3.08. The molecule has 1 aliphatic rings. The lowest BCUT2D eigenvalue weighted by atomic mass is 9.92. The molecule has 1 aliphatic heterocycles. The van der Waals surface area contributed by atoms with E-state index >= 15 is 0 Å². The molecular weight excluding hydrogens is 325 g/mol. The van der Waals surface area contributed by atoms with E-state index in [2.05, 4.69) is 11.9 Å². The van der Waals surface area contributed by atoms with Gasteiger partial charge in [0.25, 0.3) is 0 Å². The Hall–Kier alpha value is -1.79. The first kappa shape index (κ1) is 17.0. The van der Waals surface area contributed by atoms with Gasteiger partial charge in [-0.15, -0.1) is 11.3 Å². The van der Waals surface area contributed by atoms with E-state index in [1.807, 2.05) is 16.3 Å². The summed E-state index contributed by atoms with van der Waals surface area (Å²) >= 11 is 1.43. The first-order chi connectivity index (χ1) is 11.6. The molecular formula is C18H22FN3OS. The van der Waals surface area contributed by atoms with E-state index in [0.717, 1.165) is 35.7 Å². The highest BCUT2D eigenvalue weighted by Gasteiger charge is 2.29. The van der Waals surface area contributed by atoms with Crippen LogP contribution < -0.4 is 5.73 Å². The molecule has 1 fully saturated rings. The third kappa shape index (κ3) is 3.82. The summed E-state index contributed by atoms with van der Waals surface area (Å²) in [7, 11) is 0. The molecule has 1 amide bonds. The van der Waals surface area contributed by atoms with Crippen LogP contribution in [0.2, 0.25) is 0 Å². The first-order valence-electron chi connectivity index (χ1n) is 8.26. The van der Waals surface area contributed by atoms with E-state index in [1.165, 1.54) is 23.5 Å². The van der Waals surface area contributed by atoms with Crippen LogP contribution in [0.1, 0.15) is 25.5 Å². The van der Waals surface area contributed by atoms with Crippen molar-refractivity contribution in [3.8, 4) is 10.6 Å². The van der Waals surface area contributed by atoms with Crippen LogP contribution in [-0.2, 0) is 11.2 Å². The molecule has 2 aromatic rings.